The molecule has 1 aromatic carbocycles. The second kappa shape index (κ2) is 6.62. The Balaban J connectivity index is 1.60. The minimum Gasteiger partial charge on any atom is -0.303 e. The zero-order chi connectivity index (χ0) is 13.9. The molecule has 1 aliphatic carbocycles. The lowest BCUT2D eigenvalue weighted by molar-refractivity contribution is 0.172. The van der Waals surface area contributed by atoms with Crippen molar-refractivity contribution in [2.75, 3.05) is 19.6 Å². The third-order valence-electron chi connectivity index (χ3n) is 5.25. The summed E-state index contributed by atoms with van der Waals surface area (Å²) in [5.41, 5.74) is 3.24. The van der Waals surface area contributed by atoms with Gasteiger partial charge in [0.2, 0.25) is 0 Å². The summed E-state index contributed by atoms with van der Waals surface area (Å²) in [7, 11) is 0. The van der Waals surface area contributed by atoms with E-state index in [0.717, 1.165) is 11.8 Å². The Hall–Kier alpha value is -0.340. The molecule has 0 spiro atoms. The molecule has 1 fully saturated rings. The molecular weight excluding hydrogens is 310 g/mol. The maximum atomic E-state index is 3.76. The highest BCUT2D eigenvalue weighted by molar-refractivity contribution is 9.09. The summed E-state index contributed by atoms with van der Waals surface area (Å²) in [6, 6.07) is 9.12. The first kappa shape index (κ1) is 14.6. The number of hydrogen-bond donors (Lipinski definition) is 0. The molecule has 2 aliphatic rings. The number of nitrogens with zero attached hydrogens (tertiary/aromatic N) is 1. The summed E-state index contributed by atoms with van der Waals surface area (Å²) in [6.07, 6.45) is 6.76. The predicted octanol–water partition coefficient (Wildman–Crippen LogP) is 4.60. The van der Waals surface area contributed by atoms with Gasteiger partial charge in [-0.3, -0.25) is 0 Å². The SMILES string of the molecule is CC(Br)C1CCN(CC2CCCc3ccccc32)CC1. The van der Waals surface area contributed by atoms with E-state index in [9.17, 15) is 0 Å². The van der Waals surface area contributed by atoms with Gasteiger partial charge in [0.15, 0.2) is 0 Å². The van der Waals surface area contributed by atoms with Crippen molar-refractivity contribution in [3.63, 3.8) is 0 Å². The predicted molar refractivity (Wildman–Crippen MR) is 89.7 cm³/mol. The van der Waals surface area contributed by atoms with Gasteiger partial charge in [-0.2, -0.15) is 0 Å². The second-order valence-electron chi connectivity index (χ2n) is 6.60. The zero-order valence-corrected chi connectivity index (χ0v) is 14.1. The number of rotatable bonds is 3. The van der Waals surface area contributed by atoms with Crippen molar-refractivity contribution in [1.29, 1.82) is 0 Å². The van der Waals surface area contributed by atoms with Crippen LogP contribution in [0.25, 0.3) is 0 Å². The van der Waals surface area contributed by atoms with Crippen LogP contribution < -0.4 is 0 Å². The lowest BCUT2D eigenvalue weighted by atomic mass is 9.82. The van der Waals surface area contributed by atoms with Crippen LogP contribution in [0.1, 0.15) is 49.7 Å². The normalized spacial score (nSPS) is 26.2. The van der Waals surface area contributed by atoms with E-state index in [1.54, 1.807) is 11.1 Å². The molecule has 1 saturated heterocycles. The number of likely N-dealkylation sites (tertiary alicyclic amines) is 1. The van der Waals surface area contributed by atoms with Gasteiger partial charge in [-0.1, -0.05) is 47.1 Å². The lowest BCUT2D eigenvalue weighted by Crippen LogP contribution is -2.38. The molecule has 0 amide bonds. The van der Waals surface area contributed by atoms with Crippen molar-refractivity contribution >= 4 is 15.9 Å². The van der Waals surface area contributed by atoms with Crippen molar-refractivity contribution in [3.05, 3.63) is 35.4 Å². The second-order valence-corrected chi connectivity index (χ2v) is 8.05. The van der Waals surface area contributed by atoms with Gasteiger partial charge in [0.25, 0.3) is 0 Å². The molecule has 0 saturated carbocycles. The maximum Gasteiger partial charge on any atom is 0.0146 e. The number of fused-ring (bicyclic) bond motifs is 1. The molecule has 1 aromatic rings. The molecule has 0 aromatic heterocycles. The van der Waals surface area contributed by atoms with E-state index in [1.165, 1.54) is 51.7 Å². The lowest BCUT2D eigenvalue weighted by Gasteiger charge is -2.36. The van der Waals surface area contributed by atoms with Crippen molar-refractivity contribution in [1.82, 2.24) is 4.90 Å². The molecule has 2 heteroatoms. The van der Waals surface area contributed by atoms with Crippen molar-refractivity contribution in [2.45, 2.75) is 49.8 Å². The Labute approximate surface area is 131 Å². The molecule has 1 heterocycles. The van der Waals surface area contributed by atoms with Crippen LogP contribution >= 0.6 is 15.9 Å². The van der Waals surface area contributed by atoms with Crippen LogP contribution in [0, 0.1) is 5.92 Å². The summed E-state index contributed by atoms with van der Waals surface area (Å²) >= 11 is 3.76. The number of halogens is 1. The Bertz CT molecular complexity index is 435. The smallest absolute Gasteiger partial charge is 0.0146 e. The first-order valence-corrected chi connectivity index (χ1v) is 9.10. The Kier molecular flexibility index (Phi) is 4.83. The summed E-state index contributed by atoms with van der Waals surface area (Å²) in [4.78, 5) is 3.39. The number of piperidine rings is 1. The molecule has 2 unspecified atom stereocenters. The van der Waals surface area contributed by atoms with E-state index < -0.39 is 0 Å². The Morgan fingerprint density at radius 3 is 2.70 bits per heavy atom. The number of aryl methyl sites for hydroxylation is 1. The molecule has 20 heavy (non-hydrogen) atoms. The quantitative estimate of drug-likeness (QED) is 0.729. The fraction of sp³-hybridized carbons (Fsp3) is 0.667. The van der Waals surface area contributed by atoms with Gasteiger partial charge in [-0.05, 0) is 68.2 Å². The fourth-order valence-corrected chi connectivity index (χ4v) is 4.48. The standard InChI is InChI=1S/C18H26BrN/c1-14(19)15-9-11-20(12-10-15)13-17-7-4-6-16-5-2-3-8-18(16)17/h2-3,5,8,14-15,17H,4,6-7,9-13H2,1H3. The minimum absolute atomic E-state index is 0.681. The Morgan fingerprint density at radius 2 is 1.95 bits per heavy atom. The van der Waals surface area contributed by atoms with Gasteiger partial charge in [-0.15, -0.1) is 0 Å². The molecular formula is C18H26BrN. The van der Waals surface area contributed by atoms with Crippen molar-refractivity contribution < 1.29 is 0 Å². The van der Waals surface area contributed by atoms with E-state index in [0.29, 0.717) is 4.83 Å². The van der Waals surface area contributed by atoms with Crippen LogP contribution in [0.3, 0.4) is 0 Å². The zero-order valence-electron chi connectivity index (χ0n) is 12.5. The third kappa shape index (κ3) is 3.28. The molecule has 110 valence electrons. The molecule has 0 radical (unpaired) electrons. The molecule has 1 nitrogen and oxygen atoms in total. The molecule has 3 rings (SSSR count). The van der Waals surface area contributed by atoms with E-state index in [4.69, 9.17) is 0 Å². The first-order chi connectivity index (χ1) is 9.74. The Morgan fingerprint density at radius 1 is 1.20 bits per heavy atom. The number of hydrogen-bond acceptors (Lipinski definition) is 1. The monoisotopic (exact) mass is 335 g/mol. The molecule has 0 N–H and O–H groups in total. The van der Waals surface area contributed by atoms with Crippen LogP contribution in [0.15, 0.2) is 24.3 Å². The summed E-state index contributed by atoms with van der Waals surface area (Å²) in [6.45, 7) is 6.16. The summed E-state index contributed by atoms with van der Waals surface area (Å²) in [5, 5.41) is 0. The van der Waals surface area contributed by atoms with E-state index in [1.807, 2.05) is 0 Å². The van der Waals surface area contributed by atoms with Gasteiger partial charge >= 0.3 is 0 Å². The summed E-state index contributed by atoms with van der Waals surface area (Å²) < 4.78 is 0. The van der Waals surface area contributed by atoms with Crippen molar-refractivity contribution in [3.8, 4) is 0 Å². The third-order valence-corrected chi connectivity index (χ3v) is 6.00. The molecule has 2 atom stereocenters. The van der Waals surface area contributed by atoms with Gasteiger partial charge in [0, 0.05) is 11.4 Å². The summed E-state index contributed by atoms with van der Waals surface area (Å²) in [5.74, 6) is 1.66. The van der Waals surface area contributed by atoms with Crippen LogP contribution in [-0.2, 0) is 6.42 Å². The number of benzene rings is 1. The van der Waals surface area contributed by atoms with Crippen LogP contribution in [0.4, 0.5) is 0 Å². The van der Waals surface area contributed by atoms with Gasteiger partial charge in [0.05, 0.1) is 0 Å². The molecule has 1 aliphatic heterocycles. The largest absolute Gasteiger partial charge is 0.303 e. The van der Waals surface area contributed by atoms with E-state index >= 15 is 0 Å². The first-order valence-electron chi connectivity index (χ1n) is 8.18. The van der Waals surface area contributed by atoms with Gasteiger partial charge < -0.3 is 4.90 Å². The minimum atomic E-state index is 0.681. The van der Waals surface area contributed by atoms with Gasteiger partial charge in [-0.25, -0.2) is 0 Å². The van der Waals surface area contributed by atoms with Crippen LogP contribution in [0.2, 0.25) is 0 Å². The highest BCUT2D eigenvalue weighted by Gasteiger charge is 2.26. The topological polar surface area (TPSA) is 3.24 Å². The van der Waals surface area contributed by atoms with Crippen LogP contribution in [0.5, 0.6) is 0 Å². The number of alkyl halides is 1. The highest BCUT2D eigenvalue weighted by Crippen LogP contribution is 2.33. The van der Waals surface area contributed by atoms with Crippen LogP contribution in [-0.4, -0.2) is 29.4 Å². The van der Waals surface area contributed by atoms with E-state index in [2.05, 4.69) is 52.0 Å². The highest BCUT2D eigenvalue weighted by atomic mass is 79.9. The average molecular weight is 336 g/mol. The van der Waals surface area contributed by atoms with E-state index in [-0.39, 0.29) is 0 Å². The average Bonchev–Trinajstić information content (AvgIpc) is 2.48. The van der Waals surface area contributed by atoms with Crippen molar-refractivity contribution in [2.24, 2.45) is 5.92 Å². The van der Waals surface area contributed by atoms with Gasteiger partial charge in [0.1, 0.15) is 0 Å². The maximum absolute atomic E-state index is 3.76. The molecule has 0 bridgehead atoms. The fourth-order valence-electron chi connectivity index (χ4n) is 3.95.